The van der Waals surface area contributed by atoms with Gasteiger partial charge in [0.1, 0.15) is 12.1 Å². The Morgan fingerprint density at radius 2 is 1.94 bits per heavy atom. The second-order valence-electron chi connectivity index (χ2n) is 7.69. The molecule has 1 aliphatic heterocycles. The number of aromatic nitrogens is 3. The van der Waals surface area contributed by atoms with Gasteiger partial charge in [0.15, 0.2) is 0 Å². The van der Waals surface area contributed by atoms with Gasteiger partial charge in [-0.15, -0.1) is 11.3 Å². The molecule has 3 heterocycles. The second-order valence-corrected chi connectivity index (χ2v) is 8.80. The van der Waals surface area contributed by atoms with Gasteiger partial charge in [0.05, 0.1) is 26.6 Å². The van der Waals surface area contributed by atoms with Gasteiger partial charge in [0.25, 0.3) is 0 Å². The fourth-order valence-electron chi connectivity index (χ4n) is 3.96. The van der Waals surface area contributed by atoms with Crippen molar-refractivity contribution in [3.63, 3.8) is 0 Å². The highest BCUT2D eigenvalue weighted by molar-refractivity contribution is 7.18. The minimum Gasteiger partial charge on any atom is -0.338 e. The summed E-state index contributed by atoms with van der Waals surface area (Å²) in [4.78, 5) is 28.4. The molecular formula is C24H21FN4OS. The molecule has 0 radical (unpaired) electrons. The zero-order valence-electron chi connectivity index (χ0n) is 16.9. The number of rotatable bonds is 5. The van der Waals surface area contributed by atoms with Crippen LogP contribution in [-0.4, -0.2) is 32.3 Å². The molecule has 5 rings (SSSR count). The van der Waals surface area contributed by atoms with Crippen LogP contribution < -0.4 is 0 Å². The molecule has 31 heavy (non-hydrogen) atoms. The van der Waals surface area contributed by atoms with Gasteiger partial charge in [-0.25, -0.2) is 19.3 Å². The van der Waals surface area contributed by atoms with Gasteiger partial charge in [0.2, 0.25) is 5.91 Å². The third-order valence-corrected chi connectivity index (χ3v) is 6.72. The SMILES string of the molecule is O=C(CCc1nc2ccccc2s1)N1CCc2ncnc(Cc3ccc(F)cc3)c2C1. The lowest BCUT2D eigenvalue weighted by molar-refractivity contribution is -0.132. The number of hydrogen-bond acceptors (Lipinski definition) is 5. The minimum absolute atomic E-state index is 0.126. The van der Waals surface area contributed by atoms with E-state index in [9.17, 15) is 9.18 Å². The lowest BCUT2D eigenvalue weighted by atomic mass is 9.99. The maximum Gasteiger partial charge on any atom is 0.223 e. The van der Waals surface area contributed by atoms with Crippen molar-refractivity contribution in [1.82, 2.24) is 19.9 Å². The fourth-order valence-corrected chi connectivity index (χ4v) is 4.93. The summed E-state index contributed by atoms with van der Waals surface area (Å²) in [5.74, 6) is -0.125. The van der Waals surface area contributed by atoms with E-state index in [4.69, 9.17) is 0 Å². The van der Waals surface area contributed by atoms with E-state index >= 15 is 0 Å². The van der Waals surface area contributed by atoms with Crippen molar-refractivity contribution in [1.29, 1.82) is 0 Å². The van der Waals surface area contributed by atoms with Crippen LogP contribution in [0.1, 0.15) is 33.9 Å². The minimum atomic E-state index is -0.252. The molecule has 0 saturated heterocycles. The van der Waals surface area contributed by atoms with Crippen molar-refractivity contribution in [3.05, 3.63) is 88.2 Å². The summed E-state index contributed by atoms with van der Waals surface area (Å²) in [5.41, 5.74) is 4.90. The van der Waals surface area contributed by atoms with E-state index in [-0.39, 0.29) is 11.7 Å². The number of para-hydroxylation sites is 1. The third kappa shape index (κ3) is 4.32. The number of hydrogen-bond donors (Lipinski definition) is 0. The molecule has 1 aliphatic rings. The van der Waals surface area contributed by atoms with Crippen LogP contribution in [0.2, 0.25) is 0 Å². The number of aryl methyl sites for hydroxylation is 1. The number of benzene rings is 2. The van der Waals surface area contributed by atoms with Crippen molar-refractivity contribution in [2.75, 3.05) is 6.54 Å². The number of fused-ring (bicyclic) bond motifs is 2. The van der Waals surface area contributed by atoms with Crippen LogP contribution in [-0.2, 0) is 30.6 Å². The van der Waals surface area contributed by atoms with Crippen LogP contribution in [0.3, 0.4) is 0 Å². The number of halogens is 1. The van der Waals surface area contributed by atoms with E-state index in [1.165, 1.54) is 12.1 Å². The number of carbonyl (C=O) groups is 1. The Kier molecular flexibility index (Phi) is 5.42. The molecule has 0 fully saturated rings. The summed E-state index contributed by atoms with van der Waals surface area (Å²) in [6.45, 7) is 1.18. The number of nitrogens with zero attached hydrogens (tertiary/aromatic N) is 4. The quantitative estimate of drug-likeness (QED) is 0.471. The average molecular weight is 433 g/mol. The predicted molar refractivity (Wildman–Crippen MR) is 118 cm³/mol. The molecule has 0 saturated carbocycles. The molecule has 0 unspecified atom stereocenters. The Labute approximate surface area is 183 Å². The monoisotopic (exact) mass is 432 g/mol. The van der Waals surface area contributed by atoms with Crippen molar-refractivity contribution in [2.24, 2.45) is 0 Å². The van der Waals surface area contributed by atoms with Crippen molar-refractivity contribution < 1.29 is 9.18 Å². The Morgan fingerprint density at radius 1 is 1.10 bits per heavy atom. The fraction of sp³-hybridized carbons (Fsp3) is 0.250. The van der Waals surface area contributed by atoms with E-state index < -0.39 is 0 Å². The molecule has 0 N–H and O–H groups in total. The maximum absolute atomic E-state index is 13.2. The van der Waals surface area contributed by atoms with Gasteiger partial charge in [-0.2, -0.15) is 0 Å². The van der Waals surface area contributed by atoms with Crippen LogP contribution in [0.25, 0.3) is 10.2 Å². The number of carbonyl (C=O) groups excluding carboxylic acids is 1. The van der Waals surface area contributed by atoms with Gasteiger partial charge in [-0.1, -0.05) is 24.3 Å². The molecule has 0 spiro atoms. The van der Waals surface area contributed by atoms with E-state index in [1.807, 2.05) is 23.1 Å². The Bertz CT molecular complexity index is 1210. The van der Waals surface area contributed by atoms with Gasteiger partial charge < -0.3 is 4.90 Å². The highest BCUT2D eigenvalue weighted by Crippen LogP contribution is 2.25. The lowest BCUT2D eigenvalue weighted by Gasteiger charge is -2.29. The van der Waals surface area contributed by atoms with Crippen LogP contribution in [0.15, 0.2) is 54.9 Å². The molecule has 2 aromatic heterocycles. The van der Waals surface area contributed by atoms with E-state index in [0.29, 0.717) is 32.4 Å². The molecule has 0 aliphatic carbocycles. The summed E-state index contributed by atoms with van der Waals surface area (Å²) in [5, 5.41) is 0.993. The topological polar surface area (TPSA) is 59.0 Å². The molecule has 5 nitrogen and oxygen atoms in total. The smallest absolute Gasteiger partial charge is 0.223 e. The zero-order chi connectivity index (χ0) is 21.2. The molecule has 7 heteroatoms. The maximum atomic E-state index is 13.2. The summed E-state index contributed by atoms with van der Waals surface area (Å²) in [7, 11) is 0. The van der Waals surface area contributed by atoms with E-state index in [2.05, 4.69) is 21.0 Å². The molecule has 2 aromatic carbocycles. The molecule has 156 valence electrons. The van der Waals surface area contributed by atoms with E-state index in [1.54, 1.807) is 29.8 Å². The van der Waals surface area contributed by atoms with Crippen molar-refractivity contribution in [2.45, 2.75) is 32.2 Å². The molecule has 1 amide bonds. The normalized spacial score (nSPS) is 13.4. The van der Waals surface area contributed by atoms with Crippen LogP contribution in [0.4, 0.5) is 4.39 Å². The first kappa shape index (κ1) is 19.8. The largest absolute Gasteiger partial charge is 0.338 e. The highest BCUT2D eigenvalue weighted by atomic mass is 32.1. The average Bonchev–Trinajstić information content (AvgIpc) is 3.22. The first-order chi connectivity index (χ1) is 15.2. The second kappa shape index (κ2) is 8.51. The van der Waals surface area contributed by atoms with Gasteiger partial charge in [-0.05, 0) is 29.8 Å². The first-order valence-electron chi connectivity index (χ1n) is 10.3. The number of amides is 1. The lowest BCUT2D eigenvalue weighted by Crippen LogP contribution is -2.37. The highest BCUT2D eigenvalue weighted by Gasteiger charge is 2.24. The summed E-state index contributed by atoms with van der Waals surface area (Å²) in [6, 6.07) is 14.5. The Balaban J connectivity index is 1.28. The summed E-state index contributed by atoms with van der Waals surface area (Å²) < 4.78 is 14.4. The third-order valence-electron chi connectivity index (χ3n) is 5.62. The molecule has 4 aromatic rings. The van der Waals surface area contributed by atoms with Crippen LogP contribution in [0, 0.1) is 5.82 Å². The Hall–Kier alpha value is -3.19. The molecule has 0 bridgehead atoms. The number of thiazole rings is 1. The van der Waals surface area contributed by atoms with Crippen molar-refractivity contribution in [3.8, 4) is 0 Å². The van der Waals surface area contributed by atoms with Crippen LogP contribution in [0.5, 0.6) is 0 Å². The summed E-state index contributed by atoms with van der Waals surface area (Å²) in [6.07, 6.45) is 3.99. The molecule has 0 atom stereocenters. The van der Waals surface area contributed by atoms with Gasteiger partial charge >= 0.3 is 0 Å². The van der Waals surface area contributed by atoms with E-state index in [0.717, 1.165) is 44.2 Å². The van der Waals surface area contributed by atoms with Gasteiger partial charge in [-0.3, -0.25) is 4.79 Å². The van der Waals surface area contributed by atoms with Crippen LogP contribution >= 0.6 is 11.3 Å². The van der Waals surface area contributed by atoms with Crippen molar-refractivity contribution >= 4 is 27.5 Å². The first-order valence-corrected chi connectivity index (χ1v) is 11.2. The zero-order valence-corrected chi connectivity index (χ0v) is 17.7. The Morgan fingerprint density at radius 3 is 2.77 bits per heavy atom. The standard InChI is InChI=1S/C24H21FN4OS/c25-17-7-5-16(6-8-17)13-21-18-14-29(12-11-19(18)26-15-27-21)24(30)10-9-23-28-20-3-1-2-4-22(20)31-23/h1-8,15H,9-14H2. The van der Waals surface area contributed by atoms with Gasteiger partial charge in [0, 0.05) is 44.3 Å². The molecular weight excluding hydrogens is 411 g/mol. The predicted octanol–water partition coefficient (Wildman–Crippen LogP) is 4.33. The summed E-state index contributed by atoms with van der Waals surface area (Å²) >= 11 is 1.65.